The number of nitrogens with one attached hydrogen (secondary N) is 1. The van der Waals surface area contributed by atoms with Gasteiger partial charge >= 0.3 is 0 Å². The van der Waals surface area contributed by atoms with E-state index >= 15 is 0 Å². The second kappa shape index (κ2) is 4.69. The van der Waals surface area contributed by atoms with Crippen LogP contribution in [0.1, 0.15) is 51.4 Å². The molecule has 3 heteroatoms. The zero-order valence-electron chi connectivity index (χ0n) is 13.1. The Hall–Kier alpha value is -0.120. The molecule has 4 aliphatic carbocycles. The Morgan fingerprint density at radius 2 is 1.52 bits per heavy atom. The molecular formula is C18H30N2O. The summed E-state index contributed by atoms with van der Waals surface area (Å²) >= 11 is 0. The van der Waals surface area contributed by atoms with E-state index in [0.29, 0.717) is 17.5 Å². The fourth-order valence-corrected chi connectivity index (χ4v) is 7.02. The van der Waals surface area contributed by atoms with E-state index in [0.717, 1.165) is 24.3 Å². The van der Waals surface area contributed by atoms with Crippen molar-refractivity contribution in [1.29, 1.82) is 0 Å². The molecule has 0 aromatic rings. The van der Waals surface area contributed by atoms with Gasteiger partial charge in [-0.3, -0.25) is 4.90 Å². The zero-order chi connectivity index (χ0) is 14.0. The third kappa shape index (κ3) is 2.11. The van der Waals surface area contributed by atoms with E-state index in [1.165, 1.54) is 64.5 Å². The number of rotatable bonds is 3. The molecule has 0 radical (unpaired) electrons. The van der Waals surface area contributed by atoms with Crippen LogP contribution in [0, 0.1) is 23.7 Å². The smallest absolute Gasteiger partial charge is 0.0736 e. The summed E-state index contributed by atoms with van der Waals surface area (Å²) in [6.45, 7) is 3.47. The van der Waals surface area contributed by atoms with Gasteiger partial charge in [-0.1, -0.05) is 0 Å². The Bertz CT molecular complexity index is 378. The maximum absolute atomic E-state index is 10.6. The molecule has 3 aliphatic heterocycles. The monoisotopic (exact) mass is 290 g/mol. The van der Waals surface area contributed by atoms with E-state index in [1.807, 2.05) is 0 Å². The topological polar surface area (TPSA) is 35.5 Å². The molecule has 4 saturated carbocycles. The van der Waals surface area contributed by atoms with Gasteiger partial charge in [-0.15, -0.1) is 0 Å². The summed E-state index contributed by atoms with van der Waals surface area (Å²) in [5, 5.41) is 14.6. The second-order valence-electron chi connectivity index (χ2n) is 9.01. The molecule has 0 amide bonds. The number of aliphatic hydroxyl groups excluding tert-OH is 1. The molecule has 3 nitrogen and oxygen atoms in total. The van der Waals surface area contributed by atoms with Gasteiger partial charge in [0.1, 0.15) is 0 Å². The van der Waals surface area contributed by atoms with Crippen molar-refractivity contribution in [2.45, 2.75) is 69.1 Å². The maximum atomic E-state index is 10.6. The van der Waals surface area contributed by atoms with Gasteiger partial charge in [-0.05, 0) is 88.1 Å². The van der Waals surface area contributed by atoms with Crippen molar-refractivity contribution in [1.82, 2.24) is 10.2 Å². The van der Waals surface area contributed by atoms with Crippen molar-refractivity contribution in [2.24, 2.45) is 23.7 Å². The van der Waals surface area contributed by atoms with Gasteiger partial charge in [0, 0.05) is 18.1 Å². The minimum absolute atomic E-state index is 0.0751. The van der Waals surface area contributed by atoms with Gasteiger partial charge in [0.05, 0.1) is 6.10 Å². The maximum Gasteiger partial charge on any atom is 0.0736 e. The van der Waals surface area contributed by atoms with Gasteiger partial charge in [-0.2, -0.15) is 0 Å². The third-order valence-electron chi connectivity index (χ3n) is 7.64. The average molecular weight is 290 g/mol. The Morgan fingerprint density at radius 3 is 2.05 bits per heavy atom. The van der Waals surface area contributed by atoms with Gasteiger partial charge in [0.15, 0.2) is 0 Å². The summed E-state index contributed by atoms with van der Waals surface area (Å²) in [5.74, 6) is 3.61. The summed E-state index contributed by atoms with van der Waals surface area (Å²) in [7, 11) is 0. The molecule has 2 atom stereocenters. The van der Waals surface area contributed by atoms with Crippen LogP contribution in [0.4, 0.5) is 0 Å². The Balaban J connectivity index is 1.28. The molecule has 0 aromatic carbocycles. The van der Waals surface area contributed by atoms with Crippen molar-refractivity contribution < 1.29 is 5.11 Å². The van der Waals surface area contributed by atoms with Crippen LogP contribution in [0.25, 0.3) is 0 Å². The lowest BCUT2D eigenvalue weighted by Gasteiger charge is -2.58. The molecule has 0 aromatic heterocycles. The number of hydrogen-bond acceptors (Lipinski definition) is 3. The summed E-state index contributed by atoms with van der Waals surface area (Å²) in [4.78, 5) is 2.55. The van der Waals surface area contributed by atoms with Crippen LogP contribution in [-0.2, 0) is 0 Å². The van der Waals surface area contributed by atoms with E-state index < -0.39 is 0 Å². The molecule has 2 unspecified atom stereocenters. The lowest BCUT2D eigenvalue weighted by Crippen LogP contribution is -2.65. The molecule has 6 bridgehead atoms. The third-order valence-corrected chi connectivity index (χ3v) is 7.64. The Labute approximate surface area is 128 Å². The van der Waals surface area contributed by atoms with Crippen LogP contribution in [0.2, 0.25) is 0 Å². The van der Waals surface area contributed by atoms with Gasteiger partial charge in [0.2, 0.25) is 0 Å². The lowest BCUT2D eigenvalue weighted by atomic mass is 9.53. The SMILES string of the molecule is OC1C2CCN(CC2)C1CNC12CC3CC(CC(C3)C1)C2. The molecule has 0 spiro atoms. The molecule has 2 N–H and O–H groups in total. The Morgan fingerprint density at radius 1 is 0.952 bits per heavy atom. The molecule has 3 saturated heterocycles. The largest absolute Gasteiger partial charge is 0.391 e. The van der Waals surface area contributed by atoms with Crippen LogP contribution in [-0.4, -0.2) is 47.3 Å². The quantitative estimate of drug-likeness (QED) is 0.834. The standard InChI is InChI=1S/C18H30N2O/c21-17-15-1-3-20(4-2-15)16(17)11-19-18-8-12-5-13(9-18)7-14(6-12)10-18/h12-17,19,21H,1-11H2. The van der Waals surface area contributed by atoms with Gasteiger partial charge < -0.3 is 10.4 Å². The minimum Gasteiger partial charge on any atom is -0.391 e. The molecular weight excluding hydrogens is 260 g/mol. The normalized spacial score (nSPS) is 57.9. The predicted octanol–water partition coefficient (Wildman–Crippen LogP) is 2.00. The van der Waals surface area contributed by atoms with Gasteiger partial charge in [0.25, 0.3) is 0 Å². The summed E-state index contributed by atoms with van der Waals surface area (Å²) < 4.78 is 0. The summed E-state index contributed by atoms with van der Waals surface area (Å²) in [6.07, 6.45) is 11.2. The molecule has 7 aliphatic rings. The number of hydrogen-bond donors (Lipinski definition) is 2. The number of aliphatic hydroxyl groups is 1. The highest BCUT2D eigenvalue weighted by molar-refractivity contribution is 5.07. The highest BCUT2D eigenvalue weighted by Gasteiger charge is 2.51. The van der Waals surface area contributed by atoms with Crippen molar-refractivity contribution in [3.63, 3.8) is 0 Å². The minimum atomic E-state index is -0.0751. The summed E-state index contributed by atoms with van der Waals surface area (Å²) in [5.41, 5.74) is 0.451. The van der Waals surface area contributed by atoms with E-state index in [1.54, 1.807) is 0 Å². The first kappa shape index (κ1) is 13.3. The molecule has 118 valence electrons. The first-order valence-corrected chi connectivity index (χ1v) is 9.38. The van der Waals surface area contributed by atoms with Crippen molar-refractivity contribution >= 4 is 0 Å². The predicted molar refractivity (Wildman–Crippen MR) is 83.0 cm³/mol. The average Bonchev–Trinajstić information content (AvgIpc) is 2.46. The molecule has 7 rings (SSSR count). The molecule has 3 heterocycles. The van der Waals surface area contributed by atoms with E-state index in [2.05, 4.69) is 10.2 Å². The van der Waals surface area contributed by atoms with Crippen LogP contribution in [0.3, 0.4) is 0 Å². The van der Waals surface area contributed by atoms with Crippen LogP contribution in [0.5, 0.6) is 0 Å². The zero-order valence-corrected chi connectivity index (χ0v) is 13.1. The summed E-state index contributed by atoms with van der Waals surface area (Å²) in [6, 6.07) is 0.394. The first-order chi connectivity index (χ1) is 10.2. The second-order valence-corrected chi connectivity index (χ2v) is 9.01. The fraction of sp³-hybridized carbons (Fsp3) is 1.00. The highest BCUT2D eigenvalue weighted by atomic mass is 16.3. The van der Waals surface area contributed by atoms with E-state index in [9.17, 15) is 5.11 Å². The van der Waals surface area contributed by atoms with Crippen LogP contribution < -0.4 is 5.32 Å². The first-order valence-electron chi connectivity index (χ1n) is 9.38. The van der Waals surface area contributed by atoms with E-state index in [4.69, 9.17) is 0 Å². The van der Waals surface area contributed by atoms with Crippen molar-refractivity contribution in [3.8, 4) is 0 Å². The molecule has 21 heavy (non-hydrogen) atoms. The fourth-order valence-electron chi connectivity index (χ4n) is 7.02. The Kier molecular flexibility index (Phi) is 2.98. The van der Waals surface area contributed by atoms with E-state index in [-0.39, 0.29) is 6.10 Å². The number of piperidine rings is 3. The van der Waals surface area contributed by atoms with Crippen molar-refractivity contribution in [3.05, 3.63) is 0 Å². The van der Waals surface area contributed by atoms with Crippen LogP contribution >= 0.6 is 0 Å². The van der Waals surface area contributed by atoms with Crippen molar-refractivity contribution in [2.75, 3.05) is 19.6 Å². The highest BCUT2D eigenvalue weighted by Crippen LogP contribution is 2.55. The van der Waals surface area contributed by atoms with Gasteiger partial charge in [-0.25, -0.2) is 0 Å². The van der Waals surface area contributed by atoms with Crippen LogP contribution in [0.15, 0.2) is 0 Å². The molecule has 7 fully saturated rings. The number of fused-ring (bicyclic) bond motifs is 3. The number of nitrogens with zero attached hydrogens (tertiary/aromatic N) is 1. The lowest BCUT2D eigenvalue weighted by molar-refractivity contribution is -0.0804.